The molecule has 3 aromatic rings. The number of halogens is 3. The van der Waals surface area contributed by atoms with Gasteiger partial charge in [0.15, 0.2) is 17.0 Å². The van der Waals surface area contributed by atoms with E-state index in [0.29, 0.717) is 42.9 Å². The maximum atomic E-state index is 12.7. The molecule has 224 valence electrons. The normalized spacial score (nSPS) is 21.7. The molecule has 6 rings (SSSR count). The summed E-state index contributed by atoms with van der Waals surface area (Å²) < 4.78 is 8.76. The summed E-state index contributed by atoms with van der Waals surface area (Å²) in [4.78, 5) is 29.1. The van der Waals surface area contributed by atoms with Gasteiger partial charge < -0.3 is 30.6 Å². The first-order valence-electron chi connectivity index (χ1n) is 14.3. The number of amides is 1. The second-order valence-corrected chi connectivity index (χ2v) is 12.1. The molecule has 1 amide bonds. The van der Waals surface area contributed by atoms with Crippen LogP contribution in [0.25, 0.3) is 11.2 Å². The van der Waals surface area contributed by atoms with Gasteiger partial charge in [-0.3, -0.25) is 0 Å². The Morgan fingerprint density at radius 1 is 0.902 bits per heavy atom. The van der Waals surface area contributed by atoms with Crippen LogP contribution >= 0.6 is 40.7 Å². The van der Waals surface area contributed by atoms with E-state index in [1.807, 2.05) is 18.5 Å². The van der Waals surface area contributed by atoms with E-state index < -0.39 is 0 Å². The number of ether oxygens (including phenoxy) is 1. The van der Waals surface area contributed by atoms with Crippen LogP contribution in [0.3, 0.4) is 0 Å². The molecule has 10 nitrogen and oxygen atoms in total. The number of hydrogen-bond donors (Lipinski definition) is 3. The van der Waals surface area contributed by atoms with Gasteiger partial charge in [0, 0.05) is 41.7 Å². The number of anilines is 2. The Kier molecular flexibility index (Phi) is 11.0. The lowest BCUT2D eigenvalue weighted by atomic mass is 9.92. The standard InChI is InChI=1S/C28H37BrN8O2.2ClH/c29-18-5-11-23(12-6-18)39-28(38)36-15-13-21(14-16-36)32-25-24-26(37(17-31-24)22-3-1-2-4-22)35-27(34-25)33-20-9-7-19(30)8-10-20;;/h5-6,11-12,17,19-22H,1-4,7-10,13-16,30H2,(H2,32,33,34,35);2*1H/t19-,20-;;. The van der Waals surface area contributed by atoms with Crippen LogP contribution in [0.4, 0.5) is 16.6 Å². The number of fused-ring (bicyclic) bond motifs is 1. The van der Waals surface area contributed by atoms with Crippen molar-refractivity contribution in [3.8, 4) is 5.75 Å². The average Bonchev–Trinajstić information content (AvgIpc) is 3.62. The highest BCUT2D eigenvalue weighted by Crippen LogP contribution is 2.34. The summed E-state index contributed by atoms with van der Waals surface area (Å²) in [6.45, 7) is 1.23. The Balaban J connectivity index is 0.00000194. The number of likely N-dealkylation sites (tertiary alicyclic amines) is 1. The van der Waals surface area contributed by atoms with Gasteiger partial charge in [0.25, 0.3) is 0 Å². The van der Waals surface area contributed by atoms with Gasteiger partial charge in [0.1, 0.15) is 5.75 Å². The number of carbonyl (C=O) groups excluding carboxylic acids is 1. The third-order valence-corrected chi connectivity index (χ3v) is 8.89. The molecule has 3 heterocycles. The van der Waals surface area contributed by atoms with E-state index in [2.05, 4.69) is 31.1 Å². The summed E-state index contributed by atoms with van der Waals surface area (Å²) in [7, 11) is 0. The number of benzene rings is 1. The minimum absolute atomic E-state index is 0. The van der Waals surface area contributed by atoms with Crippen molar-refractivity contribution in [3.05, 3.63) is 35.1 Å². The van der Waals surface area contributed by atoms with Crippen molar-refractivity contribution in [1.29, 1.82) is 0 Å². The lowest BCUT2D eigenvalue weighted by Gasteiger charge is -2.32. The number of hydrogen-bond acceptors (Lipinski definition) is 8. The largest absolute Gasteiger partial charge is 0.415 e. The third-order valence-electron chi connectivity index (χ3n) is 8.36. The van der Waals surface area contributed by atoms with Gasteiger partial charge in [-0.25, -0.2) is 9.78 Å². The van der Waals surface area contributed by atoms with Crippen molar-refractivity contribution in [2.24, 2.45) is 5.73 Å². The summed E-state index contributed by atoms with van der Waals surface area (Å²) >= 11 is 3.41. The van der Waals surface area contributed by atoms with Crippen LogP contribution in [0, 0.1) is 0 Å². The molecular formula is C28H39BrCl2N8O2. The molecule has 1 saturated heterocycles. The van der Waals surface area contributed by atoms with E-state index in [-0.39, 0.29) is 36.9 Å². The van der Waals surface area contributed by atoms with Gasteiger partial charge in [0.05, 0.1) is 6.33 Å². The summed E-state index contributed by atoms with van der Waals surface area (Å²) in [6, 6.07) is 8.55. The number of nitrogens with one attached hydrogen (secondary N) is 2. The van der Waals surface area contributed by atoms with Crippen molar-refractivity contribution in [2.45, 2.75) is 88.4 Å². The Bertz CT molecular complexity index is 1290. The van der Waals surface area contributed by atoms with Crippen LogP contribution in [-0.4, -0.2) is 61.7 Å². The number of nitrogens with two attached hydrogens (primary N) is 1. The fourth-order valence-corrected chi connectivity index (χ4v) is 6.31. The van der Waals surface area contributed by atoms with Crippen LogP contribution in [0.1, 0.15) is 70.3 Å². The first-order valence-corrected chi connectivity index (χ1v) is 15.1. The topological polar surface area (TPSA) is 123 Å². The highest BCUT2D eigenvalue weighted by Gasteiger charge is 2.27. The number of piperidine rings is 1. The molecule has 1 aromatic carbocycles. The average molecular weight is 670 g/mol. The van der Waals surface area contributed by atoms with Crippen LogP contribution in [0.15, 0.2) is 35.1 Å². The summed E-state index contributed by atoms with van der Waals surface area (Å²) in [5.74, 6) is 1.97. The fourth-order valence-electron chi connectivity index (χ4n) is 6.05. The van der Waals surface area contributed by atoms with Crippen LogP contribution < -0.4 is 21.1 Å². The molecule has 0 radical (unpaired) electrons. The van der Waals surface area contributed by atoms with Crippen LogP contribution in [0.5, 0.6) is 5.75 Å². The van der Waals surface area contributed by atoms with E-state index in [1.165, 1.54) is 12.8 Å². The molecule has 13 heteroatoms. The molecule has 0 spiro atoms. The molecule has 0 unspecified atom stereocenters. The second-order valence-electron chi connectivity index (χ2n) is 11.1. The lowest BCUT2D eigenvalue weighted by molar-refractivity contribution is 0.140. The molecule has 2 saturated carbocycles. The zero-order valence-corrected chi connectivity index (χ0v) is 26.2. The number of nitrogens with zero attached hydrogens (tertiary/aromatic N) is 5. The summed E-state index contributed by atoms with van der Waals surface area (Å²) in [5.41, 5.74) is 7.83. The molecule has 41 heavy (non-hydrogen) atoms. The minimum Gasteiger partial charge on any atom is -0.410 e. The van der Waals surface area contributed by atoms with Gasteiger partial charge in [0.2, 0.25) is 5.95 Å². The van der Waals surface area contributed by atoms with E-state index in [1.54, 1.807) is 17.0 Å². The van der Waals surface area contributed by atoms with Crippen molar-refractivity contribution in [1.82, 2.24) is 24.4 Å². The van der Waals surface area contributed by atoms with Gasteiger partial charge in [-0.2, -0.15) is 9.97 Å². The SMILES string of the molecule is Cl.Cl.N[C@H]1CC[C@H](Nc2nc(NC3CCN(C(=O)Oc4ccc(Br)cc4)CC3)c3ncn(C4CCCC4)c3n2)CC1. The van der Waals surface area contributed by atoms with Crippen molar-refractivity contribution in [2.75, 3.05) is 23.7 Å². The van der Waals surface area contributed by atoms with E-state index in [4.69, 9.17) is 25.4 Å². The Hall–Kier alpha value is -2.34. The summed E-state index contributed by atoms with van der Waals surface area (Å²) in [6.07, 6.45) is 12.1. The predicted molar refractivity (Wildman–Crippen MR) is 170 cm³/mol. The number of aromatic nitrogens is 4. The van der Waals surface area contributed by atoms with Crippen molar-refractivity contribution >= 4 is 69.8 Å². The zero-order chi connectivity index (χ0) is 26.8. The van der Waals surface area contributed by atoms with Crippen molar-refractivity contribution < 1.29 is 9.53 Å². The molecule has 2 aliphatic carbocycles. The third kappa shape index (κ3) is 7.55. The molecule has 4 N–H and O–H groups in total. The first kappa shape index (κ1) is 31.6. The maximum Gasteiger partial charge on any atom is 0.415 e. The lowest BCUT2D eigenvalue weighted by Crippen LogP contribution is -2.43. The molecule has 2 aromatic heterocycles. The minimum atomic E-state index is -0.311. The highest BCUT2D eigenvalue weighted by atomic mass is 79.9. The quantitative estimate of drug-likeness (QED) is 0.279. The monoisotopic (exact) mass is 668 g/mol. The zero-order valence-electron chi connectivity index (χ0n) is 23.0. The van der Waals surface area contributed by atoms with Gasteiger partial charge in [-0.1, -0.05) is 28.8 Å². The molecule has 0 bridgehead atoms. The van der Waals surface area contributed by atoms with Gasteiger partial charge in [-0.05, 0) is 75.6 Å². The molecule has 1 aliphatic heterocycles. The number of rotatable bonds is 6. The highest BCUT2D eigenvalue weighted by molar-refractivity contribution is 9.10. The van der Waals surface area contributed by atoms with Crippen LogP contribution in [-0.2, 0) is 0 Å². The smallest absolute Gasteiger partial charge is 0.410 e. The fraction of sp³-hybridized carbons (Fsp3) is 0.571. The van der Waals surface area contributed by atoms with E-state index >= 15 is 0 Å². The summed E-state index contributed by atoms with van der Waals surface area (Å²) in [5, 5.41) is 7.25. The molecule has 0 atom stereocenters. The van der Waals surface area contributed by atoms with E-state index in [9.17, 15) is 4.79 Å². The Morgan fingerprint density at radius 2 is 1.56 bits per heavy atom. The molecular weight excluding hydrogens is 631 g/mol. The number of carbonyl (C=O) groups is 1. The van der Waals surface area contributed by atoms with Crippen molar-refractivity contribution in [3.63, 3.8) is 0 Å². The van der Waals surface area contributed by atoms with Gasteiger partial charge >= 0.3 is 6.09 Å². The second kappa shape index (κ2) is 14.2. The Morgan fingerprint density at radius 3 is 2.24 bits per heavy atom. The maximum absolute atomic E-state index is 12.7. The van der Waals surface area contributed by atoms with E-state index in [0.717, 1.165) is 72.8 Å². The predicted octanol–water partition coefficient (Wildman–Crippen LogP) is 6.30. The Labute approximate surface area is 261 Å². The van der Waals surface area contributed by atoms with Gasteiger partial charge in [-0.15, -0.1) is 24.8 Å². The van der Waals surface area contributed by atoms with Crippen LogP contribution in [0.2, 0.25) is 0 Å². The molecule has 3 fully saturated rings. The number of imidazole rings is 1. The molecule has 3 aliphatic rings. The first-order chi connectivity index (χ1) is 19.0.